The summed E-state index contributed by atoms with van der Waals surface area (Å²) in [4.78, 5) is 8.70. The predicted octanol–water partition coefficient (Wildman–Crippen LogP) is 5.19. The fourth-order valence-corrected chi connectivity index (χ4v) is 2.26. The zero-order valence-electron chi connectivity index (χ0n) is 10.9. The summed E-state index contributed by atoms with van der Waals surface area (Å²) in [5.74, 6) is 0.509. The Morgan fingerprint density at radius 3 is 2.38 bits per heavy atom. The SMILES string of the molecule is Clc1ccc(Nc2nccc(-c3ccccc3Cl)n2)cc1. The molecular formula is C16H11Cl2N3. The first-order valence-corrected chi connectivity index (χ1v) is 7.08. The van der Waals surface area contributed by atoms with Gasteiger partial charge in [-0.05, 0) is 36.4 Å². The Kier molecular flexibility index (Phi) is 4.04. The van der Waals surface area contributed by atoms with Crippen molar-refractivity contribution in [2.75, 3.05) is 5.32 Å². The lowest BCUT2D eigenvalue weighted by Gasteiger charge is -2.07. The molecule has 0 aliphatic rings. The van der Waals surface area contributed by atoms with Crippen LogP contribution in [0, 0.1) is 0 Å². The highest BCUT2D eigenvalue weighted by Crippen LogP contribution is 2.26. The van der Waals surface area contributed by atoms with Crippen LogP contribution in [0.2, 0.25) is 10.0 Å². The third-order valence-electron chi connectivity index (χ3n) is 2.91. The maximum absolute atomic E-state index is 6.19. The van der Waals surface area contributed by atoms with Gasteiger partial charge in [0.05, 0.1) is 5.69 Å². The van der Waals surface area contributed by atoms with Crippen LogP contribution in [0.4, 0.5) is 11.6 Å². The molecule has 0 aliphatic heterocycles. The summed E-state index contributed by atoms with van der Waals surface area (Å²) in [7, 11) is 0. The zero-order chi connectivity index (χ0) is 14.7. The summed E-state index contributed by atoms with van der Waals surface area (Å²) in [5, 5.41) is 4.48. The van der Waals surface area contributed by atoms with E-state index in [0.29, 0.717) is 16.0 Å². The van der Waals surface area contributed by atoms with Crippen molar-refractivity contribution in [1.82, 2.24) is 9.97 Å². The van der Waals surface area contributed by atoms with Gasteiger partial charge in [-0.15, -0.1) is 0 Å². The molecule has 21 heavy (non-hydrogen) atoms. The molecule has 0 bridgehead atoms. The van der Waals surface area contributed by atoms with Gasteiger partial charge in [-0.1, -0.05) is 41.4 Å². The largest absolute Gasteiger partial charge is 0.324 e. The lowest BCUT2D eigenvalue weighted by molar-refractivity contribution is 1.17. The minimum atomic E-state index is 0.509. The molecule has 0 spiro atoms. The van der Waals surface area contributed by atoms with E-state index in [1.165, 1.54) is 0 Å². The van der Waals surface area contributed by atoms with Crippen LogP contribution in [-0.2, 0) is 0 Å². The van der Waals surface area contributed by atoms with Gasteiger partial charge in [-0.25, -0.2) is 9.97 Å². The van der Waals surface area contributed by atoms with Crippen LogP contribution >= 0.6 is 23.2 Å². The molecule has 0 aliphatic carbocycles. The molecule has 5 heteroatoms. The molecule has 2 aromatic carbocycles. The van der Waals surface area contributed by atoms with E-state index in [1.807, 2.05) is 54.6 Å². The standard InChI is InChI=1S/C16H11Cl2N3/c17-11-5-7-12(8-6-11)20-16-19-10-9-15(21-16)13-3-1-2-4-14(13)18/h1-10H,(H,19,20,21). The van der Waals surface area contributed by atoms with Crippen LogP contribution in [0.1, 0.15) is 0 Å². The van der Waals surface area contributed by atoms with Gasteiger partial charge in [0.15, 0.2) is 0 Å². The van der Waals surface area contributed by atoms with Gasteiger partial charge < -0.3 is 5.32 Å². The van der Waals surface area contributed by atoms with Crippen LogP contribution in [0.25, 0.3) is 11.3 Å². The Morgan fingerprint density at radius 2 is 1.62 bits per heavy atom. The molecule has 0 atom stereocenters. The van der Waals surface area contributed by atoms with Crippen LogP contribution < -0.4 is 5.32 Å². The third kappa shape index (κ3) is 3.32. The highest BCUT2D eigenvalue weighted by Gasteiger charge is 2.06. The number of rotatable bonds is 3. The van der Waals surface area contributed by atoms with E-state index in [4.69, 9.17) is 23.2 Å². The summed E-state index contributed by atoms with van der Waals surface area (Å²) < 4.78 is 0. The van der Waals surface area contributed by atoms with Gasteiger partial charge in [-0.2, -0.15) is 0 Å². The third-order valence-corrected chi connectivity index (χ3v) is 3.49. The van der Waals surface area contributed by atoms with Crippen molar-refractivity contribution < 1.29 is 0 Å². The number of nitrogens with one attached hydrogen (secondary N) is 1. The Bertz CT molecular complexity index is 757. The topological polar surface area (TPSA) is 37.8 Å². The molecule has 104 valence electrons. The van der Waals surface area contributed by atoms with E-state index in [9.17, 15) is 0 Å². The number of halogens is 2. The van der Waals surface area contributed by atoms with Crippen molar-refractivity contribution >= 4 is 34.8 Å². The average molecular weight is 316 g/mol. The molecule has 0 saturated carbocycles. The number of hydrogen-bond acceptors (Lipinski definition) is 3. The maximum atomic E-state index is 6.19. The quantitative estimate of drug-likeness (QED) is 0.722. The van der Waals surface area contributed by atoms with Crippen molar-refractivity contribution in [2.45, 2.75) is 0 Å². The number of nitrogens with zero attached hydrogens (tertiary/aromatic N) is 2. The molecule has 0 saturated heterocycles. The second-order valence-electron chi connectivity index (χ2n) is 4.38. The minimum Gasteiger partial charge on any atom is -0.324 e. The summed E-state index contributed by atoms with van der Waals surface area (Å²) in [5.41, 5.74) is 2.52. The molecule has 1 aromatic heterocycles. The van der Waals surface area contributed by atoms with Crippen molar-refractivity contribution in [3.05, 3.63) is 70.8 Å². The van der Waals surface area contributed by atoms with E-state index >= 15 is 0 Å². The molecule has 3 nitrogen and oxygen atoms in total. The van der Waals surface area contributed by atoms with E-state index in [1.54, 1.807) is 6.20 Å². The van der Waals surface area contributed by atoms with Crippen molar-refractivity contribution in [3.63, 3.8) is 0 Å². The Morgan fingerprint density at radius 1 is 0.857 bits per heavy atom. The molecule has 1 heterocycles. The lowest BCUT2D eigenvalue weighted by atomic mass is 10.1. The van der Waals surface area contributed by atoms with Gasteiger partial charge in [0, 0.05) is 27.5 Å². The monoisotopic (exact) mass is 315 g/mol. The van der Waals surface area contributed by atoms with Gasteiger partial charge in [0.1, 0.15) is 0 Å². The highest BCUT2D eigenvalue weighted by molar-refractivity contribution is 6.33. The van der Waals surface area contributed by atoms with Crippen LogP contribution in [0.3, 0.4) is 0 Å². The van der Waals surface area contributed by atoms with Gasteiger partial charge in [0.2, 0.25) is 5.95 Å². The van der Waals surface area contributed by atoms with Crippen molar-refractivity contribution in [3.8, 4) is 11.3 Å². The predicted molar refractivity (Wildman–Crippen MR) is 87.2 cm³/mol. The summed E-state index contributed by atoms with van der Waals surface area (Å²) in [6.07, 6.45) is 1.70. The Hall–Kier alpha value is -2.10. The molecule has 3 rings (SSSR count). The summed E-state index contributed by atoms with van der Waals surface area (Å²) >= 11 is 12.1. The molecule has 0 amide bonds. The molecule has 1 N–H and O–H groups in total. The second-order valence-corrected chi connectivity index (χ2v) is 5.22. The van der Waals surface area contributed by atoms with Crippen molar-refractivity contribution in [1.29, 1.82) is 0 Å². The number of anilines is 2. The Labute approximate surface area is 132 Å². The van der Waals surface area contributed by atoms with E-state index in [0.717, 1.165) is 16.9 Å². The van der Waals surface area contributed by atoms with Gasteiger partial charge >= 0.3 is 0 Å². The van der Waals surface area contributed by atoms with E-state index in [-0.39, 0.29) is 0 Å². The first-order valence-electron chi connectivity index (χ1n) is 6.33. The highest BCUT2D eigenvalue weighted by atomic mass is 35.5. The van der Waals surface area contributed by atoms with Crippen LogP contribution in [0.15, 0.2) is 60.8 Å². The van der Waals surface area contributed by atoms with Crippen LogP contribution in [0.5, 0.6) is 0 Å². The normalized spacial score (nSPS) is 10.4. The summed E-state index contributed by atoms with van der Waals surface area (Å²) in [6.45, 7) is 0. The fraction of sp³-hybridized carbons (Fsp3) is 0. The fourth-order valence-electron chi connectivity index (χ4n) is 1.90. The smallest absolute Gasteiger partial charge is 0.227 e. The molecule has 0 radical (unpaired) electrons. The minimum absolute atomic E-state index is 0.509. The molecular weight excluding hydrogens is 305 g/mol. The molecule has 0 fully saturated rings. The first-order chi connectivity index (χ1) is 10.2. The second kappa shape index (κ2) is 6.12. The van der Waals surface area contributed by atoms with E-state index < -0.39 is 0 Å². The number of benzene rings is 2. The average Bonchev–Trinajstić information content (AvgIpc) is 2.50. The lowest BCUT2D eigenvalue weighted by Crippen LogP contribution is -1.97. The van der Waals surface area contributed by atoms with Gasteiger partial charge in [-0.3, -0.25) is 0 Å². The first kappa shape index (κ1) is 13.9. The summed E-state index contributed by atoms with van der Waals surface area (Å²) in [6, 6.07) is 16.8. The van der Waals surface area contributed by atoms with Crippen LogP contribution in [-0.4, -0.2) is 9.97 Å². The zero-order valence-corrected chi connectivity index (χ0v) is 12.4. The molecule has 0 unspecified atom stereocenters. The molecule has 3 aromatic rings. The van der Waals surface area contributed by atoms with Gasteiger partial charge in [0.25, 0.3) is 0 Å². The van der Waals surface area contributed by atoms with Crippen molar-refractivity contribution in [2.24, 2.45) is 0 Å². The van der Waals surface area contributed by atoms with E-state index in [2.05, 4.69) is 15.3 Å². The number of hydrogen-bond donors (Lipinski definition) is 1. The Balaban J connectivity index is 1.90. The maximum Gasteiger partial charge on any atom is 0.227 e. The number of aromatic nitrogens is 2.